The van der Waals surface area contributed by atoms with Crippen LogP contribution in [0.15, 0.2) is 12.3 Å². The van der Waals surface area contributed by atoms with E-state index in [1.54, 1.807) is 0 Å². The van der Waals surface area contributed by atoms with Crippen LogP contribution in [0.4, 0.5) is 0 Å². The molecule has 0 radical (unpaired) electrons. The van der Waals surface area contributed by atoms with E-state index in [0.717, 1.165) is 37.9 Å². The Balaban J connectivity index is 2.14. The van der Waals surface area contributed by atoms with E-state index in [-0.39, 0.29) is 0 Å². The smallest absolute Gasteiger partial charge is 0.106 e. The summed E-state index contributed by atoms with van der Waals surface area (Å²) in [5, 5.41) is 15.4. The summed E-state index contributed by atoms with van der Waals surface area (Å²) in [5.41, 5.74) is 0.381. The van der Waals surface area contributed by atoms with Crippen molar-refractivity contribution in [3.05, 3.63) is 18.0 Å². The van der Waals surface area contributed by atoms with Crippen molar-refractivity contribution in [1.82, 2.24) is 9.78 Å². The average Bonchev–Trinajstić information content (AvgIpc) is 2.77. The molecule has 2 unspecified atom stereocenters. The summed E-state index contributed by atoms with van der Waals surface area (Å²) < 4.78 is 2.00. The first-order valence-corrected chi connectivity index (χ1v) is 7.80. The first-order valence-electron chi connectivity index (χ1n) is 7.80. The van der Waals surface area contributed by atoms with E-state index in [4.69, 9.17) is 0 Å². The van der Waals surface area contributed by atoms with Crippen molar-refractivity contribution >= 4 is 0 Å². The Morgan fingerprint density at radius 3 is 3.00 bits per heavy atom. The van der Waals surface area contributed by atoms with Gasteiger partial charge in [-0.25, -0.2) is 0 Å². The van der Waals surface area contributed by atoms with Gasteiger partial charge in [-0.3, -0.25) is 4.68 Å². The van der Waals surface area contributed by atoms with Gasteiger partial charge in [0.1, 0.15) is 5.60 Å². The number of hydrogen-bond acceptors (Lipinski definition) is 2. The van der Waals surface area contributed by atoms with Crippen molar-refractivity contribution in [1.29, 1.82) is 0 Å². The molecule has 0 aliphatic heterocycles. The maximum Gasteiger partial charge on any atom is 0.106 e. The predicted octanol–water partition coefficient (Wildman–Crippen LogP) is 3.72. The van der Waals surface area contributed by atoms with Crippen molar-refractivity contribution in [3.63, 3.8) is 0 Å². The molecular formula is C16H28N2O. The van der Waals surface area contributed by atoms with E-state index < -0.39 is 5.60 Å². The fourth-order valence-corrected chi connectivity index (χ4v) is 3.58. The van der Waals surface area contributed by atoms with Crippen LogP contribution in [0, 0.1) is 11.8 Å². The molecule has 2 atom stereocenters. The van der Waals surface area contributed by atoms with E-state index in [9.17, 15) is 5.11 Å². The Morgan fingerprint density at radius 1 is 1.53 bits per heavy atom. The second-order valence-corrected chi connectivity index (χ2v) is 6.56. The third-order valence-corrected chi connectivity index (χ3v) is 4.26. The van der Waals surface area contributed by atoms with Crippen LogP contribution in [0.5, 0.6) is 0 Å². The molecule has 0 saturated heterocycles. The lowest BCUT2D eigenvalue weighted by molar-refractivity contribution is -0.0317. The lowest BCUT2D eigenvalue weighted by atomic mass is 9.73. The van der Waals surface area contributed by atoms with Gasteiger partial charge >= 0.3 is 0 Å². The van der Waals surface area contributed by atoms with E-state index in [1.807, 2.05) is 16.9 Å². The van der Waals surface area contributed by atoms with E-state index >= 15 is 0 Å². The van der Waals surface area contributed by atoms with E-state index in [2.05, 4.69) is 25.9 Å². The van der Waals surface area contributed by atoms with Gasteiger partial charge in [0.15, 0.2) is 0 Å². The molecule has 108 valence electrons. The molecule has 0 spiro atoms. The Hall–Kier alpha value is -0.830. The molecule has 1 aromatic rings. The van der Waals surface area contributed by atoms with Crippen LogP contribution in [0.1, 0.15) is 65.0 Å². The molecule has 1 aliphatic rings. The number of nitrogens with zero attached hydrogens (tertiary/aromatic N) is 2. The third-order valence-electron chi connectivity index (χ3n) is 4.26. The minimum absolute atomic E-state index is 0.649. The monoisotopic (exact) mass is 264 g/mol. The molecule has 1 aliphatic carbocycles. The Kier molecular flexibility index (Phi) is 4.67. The van der Waals surface area contributed by atoms with Gasteiger partial charge in [0.2, 0.25) is 0 Å². The molecule has 0 bridgehead atoms. The highest BCUT2D eigenvalue weighted by Crippen LogP contribution is 2.41. The zero-order valence-electron chi connectivity index (χ0n) is 12.6. The molecule has 3 heteroatoms. The fraction of sp³-hybridized carbons (Fsp3) is 0.812. The molecule has 0 aromatic carbocycles. The molecule has 1 saturated carbocycles. The summed E-state index contributed by atoms with van der Waals surface area (Å²) in [5.74, 6) is 1.37. The zero-order valence-corrected chi connectivity index (χ0v) is 12.6. The van der Waals surface area contributed by atoms with Gasteiger partial charge in [-0.05, 0) is 50.0 Å². The molecule has 19 heavy (non-hydrogen) atoms. The predicted molar refractivity (Wildman–Crippen MR) is 77.8 cm³/mol. The first kappa shape index (κ1) is 14.6. The second-order valence-electron chi connectivity index (χ2n) is 6.56. The van der Waals surface area contributed by atoms with Gasteiger partial charge in [-0.2, -0.15) is 5.10 Å². The minimum atomic E-state index is -0.649. The highest BCUT2D eigenvalue weighted by atomic mass is 16.3. The van der Waals surface area contributed by atoms with Crippen LogP contribution in [0.3, 0.4) is 0 Å². The molecule has 1 fully saturated rings. The molecular weight excluding hydrogens is 236 g/mol. The van der Waals surface area contributed by atoms with Crippen LogP contribution in [-0.4, -0.2) is 14.9 Å². The van der Waals surface area contributed by atoms with Crippen molar-refractivity contribution in [2.75, 3.05) is 0 Å². The molecule has 2 rings (SSSR count). The summed E-state index contributed by atoms with van der Waals surface area (Å²) in [6.07, 6.45) is 8.30. The standard InChI is InChI=1S/C16H28N2O/c1-4-10-18-15(7-9-17-18)16(19)8-5-6-14(12-16)11-13(2)3/h7,9,13-14,19H,4-6,8,10-12H2,1-3H3. The van der Waals surface area contributed by atoms with Crippen LogP contribution in [-0.2, 0) is 12.1 Å². The van der Waals surface area contributed by atoms with Crippen LogP contribution in [0.25, 0.3) is 0 Å². The summed E-state index contributed by atoms with van der Waals surface area (Å²) in [6, 6.07) is 2.01. The molecule has 0 amide bonds. The Morgan fingerprint density at radius 2 is 2.32 bits per heavy atom. The molecule has 1 heterocycles. The maximum atomic E-state index is 11.1. The minimum Gasteiger partial charge on any atom is -0.384 e. The van der Waals surface area contributed by atoms with Crippen molar-refractivity contribution in [3.8, 4) is 0 Å². The van der Waals surface area contributed by atoms with E-state index in [1.165, 1.54) is 12.8 Å². The van der Waals surface area contributed by atoms with Gasteiger partial charge in [-0.15, -0.1) is 0 Å². The Bertz CT molecular complexity index is 399. The van der Waals surface area contributed by atoms with Crippen LogP contribution >= 0.6 is 0 Å². The van der Waals surface area contributed by atoms with Crippen LogP contribution in [0.2, 0.25) is 0 Å². The second kappa shape index (κ2) is 6.08. The van der Waals surface area contributed by atoms with E-state index in [0.29, 0.717) is 11.8 Å². The van der Waals surface area contributed by atoms with Gasteiger partial charge in [0.05, 0.1) is 5.69 Å². The largest absolute Gasteiger partial charge is 0.384 e. The van der Waals surface area contributed by atoms with Gasteiger partial charge in [-0.1, -0.05) is 27.2 Å². The van der Waals surface area contributed by atoms with Gasteiger partial charge in [0, 0.05) is 12.7 Å². The highest BCUT2D eigenvalue weighted by Gasteiger charge is 2.38. The number of aliphatic hydroxyl groups is 1. The molecule has 1 aromatic heterocycles. The average molecular weight is 264 g/mol. The highest BCUT2D eigenvalue weighted by molar-refractivity contribution is 5.13. The topological polar surface area (TPSA) is 38.0 Å². The lowest BCUT2D eigenvalue weighted by Crippen LogP contribution is -2.35. The number of rotatable bonds is 5. The van der Waals surface area contributed by atoms with Crippen molar-refractivity contribution < 1.29 is 5.11 Å². The van der Waals surface area contributed by atoms with Gasteiger partial charge < -0.3 is 5.11 Å². The summed E-state index contributed by atoms with van der Waals surface area (Å²) in [4.78, 5) is 0. The molecule has 1 N–H and O–H groups in total. The maximum absolute atomic E-state index is 11.1. The zero-order chi connectivity index (χ0) is 13.9. The van der Waals surface area contributed by atoms with Crippen molar-refractivity contribution in [2.45, 2.75) is 71.4 Å². The number of aromatic nitrogens is 2. The van der Waals surface area contributed by atoms with Crippen LogP contribution < -0.4 is 0 Å². The summed E-state index contributed by atoms with van der Waals surface area (Å²) in [6.45, 7) is 7.60. The number of hydrogen-bond donors (Lipinski definition) is 1. The fourth-order valence-electron chi connectivity index (χ4n) is 3.58. The summed E-state index contributed by atoms with van der Waals surface area (Å²) >= 11 is 0. The molecule has 3 nitrogen and oxygen atoms in total. The normalized spacial score (nSPS) is 27.9. The first-order chi connectivity index (χ1) is 9.05. The number of aryl methyl sites for hydroxylation is 1. The summed E-state index contributed by atoms with van der Waals surface area (Å²) in [7, 11) is 0. The SMILES string of the molecule is CCCn1nccc1C1(O)CCCC(CC(C)C)C1. The Labute approximate surface area is 117 Å². The van der Waals surface area contributed by atoms with Crippen molar-refractivity contribution in [2.24, 2.45) is 11.8 Å². The lowest BCUT2D eigenvalue weighted by Gasteiger charge is -2.37. The quantitative estimate of drug-likeness (QED) is 0.880. The third kappa shape index (κ3) is 3.38. The van der Waals surface area contributed by atoms with Gasteiger partial charge in [0.25, 0.3) is 0 Å².